The molecule has 1 N–H and O–H groups in total. The molecule has 1 fully saturated rings. The van der Waals surface area contributed by atoms with E-state index in [9.17, 15) is 9.90 Å². The van der Waals surface area contributed by atoms with E-state index in [1.807, 2.05) is 6.92 Å². The quantitative estimate of drug-likeness (QED) is 0.844. The zero-order valence-corrected chi connectivity index (χ0v) is 13.7. The van der Waals surface area contributed by atoms with Gasteiger partial charge in [-0.15, -0.1) is 0 Å². The fraction of sp³-hybridized carbons (Fsp3) is 0.800. The van der Waals surface area contributed by atoms with Gasteiger partial charge in [-0.1, -0.05) is 18.5 Å². The smallest absolute Gasteiger partial charge is 0.251 e. The van der Waals surface area contributed by atoms with E-state index in [0.717, 1.165) is 38.2 Å². The molecule has 0 bridgehead atoms. The molecule has 0 radical (unpaired) electrons. The van der Waals surface area contributed by atoms with Crippen molar-refractivity contribution in [3.63, 3.8) is 0 Å². The van der Waals surface area contributed by atoms with Crippen LogP contribution in [-0.2, 0) is 11.2 Å². The molecule has 2 rings (SSSR count). The highest BCUT2D eigenvalue weighted by atomic mass is 16.5. The second-order valence-corrected chi connectivity index (χ2v) is 5.87. The van der Waals surface area contributed by atoms with Crippen molar-refractivity contribution in [1.82, 2.24) is 19.9 Å². The van der Waals surface area contributed by atoms with E-state index in [0.29, 0.717) is 19.0 Å². The van der Waals surface area contributed by atoms with Crippen LogP contribution in [0.25, 0.3) is 0 Å². The lowest BCUT2D eigenvalue weighted by Gasteiger charge is -2.37. The van der Waals surface area contributed by atoms with Crippen LogP contribution in [0.3, 0.4) is 0 Å². The first-order valence-corrected chi connectivity index (χ1v) is 8.06. The molecule has 1 aromatic rings. The summed E-state index contributed by atoms with van der Waals surface area (Å²) >= 11 is 0. The number of unbranched alkanes of at least 4 members (excludes halogenated alkanes) is 1. The topological polar surface area (TPSA) is 82.7 Å². The molecule has 0 aliphatic carbocycles. The molecule has 0 aromatic carbocycles. The first kappa shape index (κ1) is 16.9. The summed E-state index contributed by atoms with van der Waals surface area (Å²) in [5.74, 6) is 1.21. The van der Waals surface area contributed by atoms with Gasteiger partial charge in [-0.25, -0.2) is 0 Å². The van der Waals surface area contributed by atoms with Crippen LogP contribution in [0, 0.1) is 0 Å². The molecule has 7 nitrogen and oxygen atoms in total. The number of hydrogen-bond donors (Lipinski definition) is 1. The van der Waals surface area contributed by atoms with E-state index in [-0.39, 0.29) is 11.9 Å². The molecule has 124 valence electrons. The second kappa shape index (κ2) is 7.69. The Morgan fingerprint density at radius 2 is 2.00 bits per heavy atom. The summed E-state index contributed by atoms with van der Waals surface area (Å²) in [6.45, 7) is 8.41. The Bertz CT molecular complexity index is 481. The lowest BCUT2D eigenvalue weighted by atomic mass is 10.2. The third-order valence-corrected chi connectivity index (χ3v) is 4.13. The maximum Gasteiger partial charge on any atom is 0.251 e. The highest BCUT2D eigenvalue weighted by Crippen LogP contribution is 2.20. The van der Waals surface area contributed by atoms with E-state index < -0.39 is 6.10 Å². The average Bonchev–Trinajstić information content (AvgIpc) is 3.00. The number of carbonyl (C=O) groups is 1. The van der Waals surface area contributed by atoms with E-state index in [4.69, 9.17) is 4.52 Å². The third kappa shape index (κ3) is 4.04. The molecule has 2 heterocycles. The number of rotatable bonds is 6. The number of aliphatic hydroxyl groups excluding tert-OH is 1. The van der Waals surface area contributed by atoms with Crippen molar-refractivity contribution >= 4 is 5.91 Å². The van der Waals surface area contributed by atoms with Crippen molar-refractivity contribution in [2.24, 2.45) is 0 Å². The Morgan fingerprint density at radius 1 is 1.32 bits per heavy atom. The van der Waals surface area contributed by atoms with Gasteiger partial charge in [-0.05, 0) is 20.3 Å². The SMILES string of the molecule is CCCCc1noc(C(C)N2CCN(C(=O)C(C)O)CC2)n1. The summed E-state index contributed by atoms with van der Waals surface area (Å²) in [5, 5.41) is 13.4. The Balaban J connectivity index is 1.88. The van der Waals surface area contributed by atoms with Crippen molar-refractivity contribution in [2.75, 3.05) is 26.2 Å². The van der Waals surface area contributed by atoms with Crippen molar-refractivity contribution in [1.29, 1.82) is 0 Å². The van der Waals surface area contributed by atoms with Crippen LogP contribution in [0.1, 0.15) is 51.4 Å². The van der Waals surface area contributed by atoms with Gasteiger partial charge in [0.2, 0.25) is 5.89 Å². The Morgan fingerprint density at radius 3 is 2.59 bits per heavy atom. The van der Waals surface area contributed by atoms with Gasteiger partial charge in [-0.2, -0.15) is 4.98 Å². The monoisotopic (exact) mass is 310 g/mol. The van der Waals surface area contributed by atoms with E-state index in [2.05, 4.69) is 22.0 Å². The summed E-state index contributed by atoms with van der Waals surface area (Å²) in [4.78, 5) is 20.2. The summed E-state index contributed by atoms with van der Waals surface area (Å²) in [5.41, 5.74) is 0. The van der Waals surface area contributed by atoms with Gasteiger partial charge in [0.25, 0.3) is 5.91 Å². The summed E-state index contributed by atoms with van der Waals surface area (Å²) in [7, 11) is 0. The van der Waals surface area contributed by atoms with Crippen LogP contribution in [0.15, 0.2) is 4.52 Å². The molecule has 1 aliphatic rings. The number of carbonyl (C=O) groups excluding carboxylic acids is 1. The molecule has 1 amide bonds. The molecule has 7 heteroatoms. The normalized spacial score (nSPS) is 19.2. The second-order valence-electron chi connectivity index (χ2n) is 5.87. The van der Waals surface area contributed by atoms with Gasteiger partial charge >= 0.3 is 0 Å². The standard InChI is InChI=1S/C15H26N4O3/c1-4-5-6-13-16-14(22-17-13)11(2)18-7-9-19(10-8-18)15(21)12(3)20/h11-12,20H,4-10H2,1-3H3. The lowest BCUT2D eigenvalue weighted by Crippen LogP contribution is -2.51. The summed E-state index contributed by atoms with van der Waals surface area (Å²) < 4.78 is 5.37. The highest BCUT2D eigenvalue weighted by molar-refractivity contribution is 5.80. The Hall–Kier alpha value is -1.47. The van der Waals surface area contributed by atoms with Crippen molar-refractivity contribution in [3.05, 3.63) is 11.7 Å². The van der Waals surface area contributed by atoms with Gasteiger partial charge in [0.15, 0.2) is 5.82 Å². The van der Waals surface area contributed by atoms with Crippen LogP contribution < -0.4 is 0 Å². The average molecular weight is 310 g/mol. The highest BCUT2D eigenvalue weighted by Gasteiger charge is 2.28. The van der Waals surface area contributed by atoms with E-state index in [1.54, 1.807) is 4.90 Å². The first-order valence-electron chi connectivity index (χ1n) is 8.06. The van der Waals surface area contributed by atoms with Gasteiger partial charge in [0, 0.05) is 32.6 Å². The molecule has 0 spiro atoms. The molecule has 2 atom stereocenters. The van der Waals surface area contributed by atoms with Crippen LogP contribution in [0.5, 0.6) is 0 Å². The fourth-order valence-corrected chi connectivity index (χ4v) is 2.62. The van der Waals surface area contributed by atoms with Crippen LogP contribution in [-0.4, -0.2) is 63.2 Å². The molecule has 22 heavy (non-hydrogen) atoms. The molecule has 2 unspecified atom stereocenters. The van der Waals surface area contributed by atoms with Crippen LogP contribution >= 0.6 is 0 Å². The number of aromatic nitrogens is 2. The maximum atomic E-state index is 11.8. The molecule has 1 aromatic heterocycles. The first-order chi connectivity index (χ1) is 10.5. The van der Waals surface area contributed by atoms with Crippen molar-refractivity contribution < 1.29 is 14.4 Å². The van der Waals surface area contributed by atoms with Crippen molar-refractivity contribution in [2.45, 2.75) is 52.2 Å². The van der Waals surface area contributed by atoms with E-state index in [1.165, 1.54) is 6.92 Å². The predicted molar refractivity (Wildman–Crippen MR) is 81.2 cm³/mol. The lowest BCUT2D eigenvalue weighted by molar-refractivity contribution is -0.141. The molecular formula is C15H26N4O3. The Labute approximate surface area is 131 Å². The number of nitrogens with zero attached hydrogens (tertiary/aromatic N) is 4. The summed E-state index contributed by atoms with van der Waals surface area (Å²) in [6.07, 6.45) is 2.09. The van der Waals surface area contributed by atoms with Crippen molar-refractivity contribution in [3.8, 4) is 0 Å². The minimum absolute atomic E-state index is 0.0479. The van der Waals surface area contributed by atoms with Crippen LogP contribution in [0.2, 0.25) is 0 Å². The van der Waals surface area contributed by atoms with E-state index >= 15 is 0 Å². The molecular weight excluding hydrogens is 284 g/mol. The number of piperazine rings is 1. The molecule has 1 saturated heterocycles. The predicted octanol–water partition coefficient (Wildman–Crippen LogP) is 0.998. The minimum atomic E-state index is -0.930. The van der Waals surface area contributed by atoms with Gasteiger partial charge in [0.05, 0.1) is 6.04 Å². The minimum Gasteiger partial charge on any atom is -0.384 e. The zero-order valence-electron chi connectivity index (χ0n) is 13.7. The zero-order chi connectivity index (χ0) is 16.1. The Kier molecular flexibility index (Phi) is 5.90. The number of amides is 1. The van der Waals surface area contributed by atoms with Gasteiger partial charge < -0.3 is 14.5 Å². The molecule has 1 aliphatic heterocycles. The fourth-order valence-electron chi connectivity index (χ4n) is 2.62. The van der Waals surface area contributed by atoms with Gasteiger partial charge in [0.1, 0.15) is 6.10 Å². The number of aryl methyl sites for hydroxylation is 1. The largest absolute Gasteiger partial charge is 0.384 e. The van der Waals surface area contributed by atoms with Crippen LogP contribution in [0.4, 0.5) is 0 Å². The summed E-state index contributed by atoms with van der Waals surface area (Å²) in [6, 6.07) is 0.0479. The number of aliphatic hydroxyl groups is 1. The molecule has 0 saturated carbocycles. The maximum absolute atomic E-state index is 11.8. The van der Waals surface area contributed by atoms with Gasteiger partial charge in [-0.3, -0.25) is 9.69 Å². The number of hydrogen-bond acceptors (Lipinski definition) is 6. The third-order valence-electron chi connectivity index (χ3n) is 4.13.